The number of aliphatic hydroxyl groups excluding tert-OH is 1. The summed E-state index contributed by atoms with van der Waals surface area (Å²) in [6, 6.07) is 0. The molecule has 304 valence electrons. The molecule has 0 saturated carbocycles. The summed E-state index contributed by atoms with van der Waals surface area (Å²) in [6.07, 6.45) is 37.6. The Balaban J connectivity index is 3.51. The van der Waals surface area contributed by atoms with Gasteiger partial charge in [-0.25, -0.2) is 4.57 Å². The van der Waals surface area contributed by atoms with Crippen molar-refractivity contribution in [3.63, 3.8) is 0 Å². The van der Waals surface area contributed by atoms with Gasteiger partial charge in [-0.05, 0) is 12.8 Å². The molecule has 0 aliphatic heterocycles. The Hall–Kier alpha value is -0.990. The summed E-state index contributed by atoms with van der Waals surface area (Å²) in [5.41, 5.74) is 0. The average Bonchev–Trinajstić information content (AvgIpc) is 3.11. The molecular weight excluding hydrogens is 665 g/mol. The first-order chi connectivity index (χ1) is 24.8. The second kappa shape index (κ2) is 38.7. The summed E-state index contributed by atoms with van der Waals surface area (Å²) in [4.78, 5) is 33.8. The molecule has 0 heterocycles. The van der Waals surface area contributed by atoms with Crippen LogP contribution in [-0.4, -0.2) is 54.3 Å². The van der Waals surface area contributed by atoms with Crippen molar-refractivity contribution in [2.45, 2.75) is 225 Å². The van der Waals surface area contributed by atoms with Gasteiger partial charge in [0.15, 0.2) is 0 Å². The van der Waals surface area contributed by atoms with E-state index in [4.69, 9.17) is 13.8 Å². The molecule has 0 bridgehead atoms. The molecular formula is C41H82NO8P. The van der Waals surface area contributed by atoms with Crippen molar-refractivity contribution in [2.75, 3.05) is 26.4 Å². The minimum absolute atomic E-state index is 0.0872. The minimum atomic E-state index is -4.40. The number of phosphoric acid groups is 1. The largest absolute Gasteiger partial charge is 0.472 e. The van der Waals surface area contributed by atoms with E-state index in [0.717, 1.165) is 38.5 Å². The first kappa shape index (κ1) is 50.0. The Morgan fingerprint density at radius 2 is 0.882 bits per heavy atom. The van der Waals surface area contributed by atoms with Gasteiger partial charge in [-0.2, -0.15) is 0 Å². The fourth-order valence-corrected chi connectivity index (χ4v) is 7.02. The average molecular weight is 748 g/mol. The van der Waals surface area contributed by atoms with Crippen LogP contribution in [0.1, 0.15) is 219 Å². The van der Waals surface area contributed by atoms with Gasteiger partial charge >= 0.3 is 13.8 Å². The molecule has 0 radical (unpaired) electrons. The molecule has 9 nitrogen and oxygen atoms in total. The lowest BCUT2D eigenvalue weighted by molar-refractivity contribution is -0.147. The standard InChI is InChI=1S/C41H82NO8P/c1-3-5-7-9-11-13-14-15-16-17-18-19-20-21-22-23-24-26-28-30-32-34-41(45)48-37-39(43)38-50-51(46,47)49-36-35-42-40(44)33-31-29-27-25-12-10-8-6-4-2/h39,43H,3-38H2,1-2H3,(H,42,44)(H,46,47). The van der Waals surface area contributed by atoms with E-state index in [1.165, 1.54) is 154 Å². The maximum atomic E-state index is 12.0. The van der Waals surface area contributed by atoms with Gasteiger partial charge in [0.25, 0.3) is 0 Å². The Bertz CT molecular complexity index is 815. The summed E-state index contributed by atoms with van der Waals surface area (Å²) in [7, 11) is -4.40. The number of esters is 1. The molecule has 10 heteroatoms. The molecule has 0 fully saturated rings. The molecule has 0 rings (SSSR count). The molecule has 2 atom stereocenters. The molecule has 0 aromatic carbocycles. The number of unbranched alkanes of at least 4 members (excludes halogenated alkanes) is 28. The van der Waals surface area contributed by atoms with Crippen LogP contribution in [0, 0.1) is 0 Å². The van der Waals surface area contributed by atoms with Gasteiger partial charge in [0.2, 0.25) is 5.91 Å². The van der Waals surface area contributed by atoms with Crippen LogP contribution >= 0.6 is 7.82 Å². The van der Waals surface area contributed by atoms with Crippen LogP contribution in [0.5, 0.6) is 0 Å². The van der Waals surface area contributed by atoms with Crippen LogP contribution in [0.3, 0.4) is 0 Å². The van der Waals surface area contributed by atoms with Crippen molar-refractivity contribution >= 4 is 19.7 Å². The minimum Gasteiger partial charge on any atom is -0.463 e. The Morgan fingerprint density at radius 1 is 0.529 bits per heavy atom. The van der Waals surface area contributed by atoms with Crippen molar-refractivity contribution in [3.05, 3.63) is 0 Å². The van der Waals surface area contributed by atoms with Crippen LogP contribution in [0.15, 0.2) is 0 Å². The van der Waals surface area contributed by atoms with Gasteiger partial charge in [-0.15, -0.1) is 0 Å². The lowest BCUT2D eigenvalue weighted by Gasteiger charge is -2.15. The SMILES string of the molecule is CCCCCCCCCCCCCCCCCCCCCCCC(=O)OCC(O)COP(=O)(O)OCCNC(=O)CCCCCCCCCCC. The maximum Gasteiger partial charge on any atom is 0.472 e. The van der Waals surface area contributed by atoms with Crippen molar-refractivity contribution in [2.24, 2.45) is 0 Å². The number of nitrogens with one attached hydrogen (secondary N) is 1. The Morgan fingerprint density at radius 3 is 1.27 bits per heavy atom. The number of aliphatic hydroxyl groups is 1. The van der Waals surface area contributed by atoms with Gasteiger partial charge in [0.05, 0.1) is 13.2 Å². The fourth-order valence-electron chi connectivity index (χ4n) is 6.26. The number of phosphoric ester groups is 1. The van der Waals surface area contributed by atoms with Crippen molar-refractivity contribution in [1.29, 1.82) is 0 Å². The molecule has 51 heavy (non-hydrogen) atoms. The molecule has 0 aliphatic rings. The van der Waals surface area contributed by atoms with E-state index < -0.39 is 26.5 Å². The second-order valence-corrected chi connectivity index (χ2v) is 16.1. The molecule has 1 amide bonds. The number of rotatable bonds is 41. The predicted octanol–water partition coefficient (Wildman–Crippen LogP) is 11.7. The number of amides is 1. The van der Waals surface area contributed by atoms with E-state index in [-0.39, 0.29) is 25.7 Å². The zero-order valence-electron chi connectivity index (χ0n) is 33.3. The highest BCUT2D eigenvalue weighted by molar-refractivity contribution is 7.47. The van der Waals surface area contributed by atoms with Crippen LogP contribution in [-0.2, 0) is 27.9 Å². The topological polar surface area (TPSA) is 131 Å². The van der Waals surface area contributed by atoms with Gasteiger partial charge < -0.3 is 20.1 Å². The first-order valence-corrected chi connectivity index (χ1v) is 23.0. The second-order valence-electron chi connectivity index (χ2n) is 14.7. The number of carbonyl (C=O) groups excluding carboxylic acids is 2. The summed E-state index contributed by atoms with van der Waals surface area (Å²) < 4.78 is 26.8. The van der Waals surface area contributed by atoms with Gasteiger partial charge in [-0.1, -0.05) is 194 Å². The van der Waals surface area contributed by atoms with E-state index in [1.807, 2.05) is 0 Å². The third kappa shape index (κ3) is 40.0. The van der Waals surface area contributed by atoms with E-state index in [2.05, 4.69) is 19.2 Å². The highest BCUT2D eigenvalue weighted by atomic mass is 31.2. The zero-order valence-corrected chi connectivity index (χ0v) is 34.2. The normalized spacial score (nSPS) is 13.3. The highest BCUT2D eigenvalue weighted by Gasteiger charge is 2.23. The number of hydrogen-bond acceptors (Lipinski definition) is 7. The van der Waals surface area contributed by atoms with E-state index in [1.54, 1.807) is 0 Å². The quantitative estimate of drug-likeness (QED) is 0.0320. The number of hydrogen-bond donors (Lipinski definition) is 3. The summed E-state index contributed by atoms with van der Waals surface area (Å²) >= 11 is 0. The molecule has 2 unspecified atom stereocenters. The first-order valence-electron chi connectivity index (χ1n) is 21.5. The molecule has 0 aliphatic carbocycles. The van der Waals surface area contributed by atoms with Crippen molar-refractivity contribution in [1.82, 2.24) is 5.32 Å². The number of ether oxygens (including phenoxy) is 1. The smallest absolute Gasteiger partial charge is 0.463 e. The van der Waals surface area contributed by atoms with Gasteiger partial charge in [0.1, 0.15) is 12.7 Å². The van der Waals surface area contributed by atoms with Crippen LogP contribution < -0.4 is 5.32 Å². The molecule has 0 aromatic heterocycles. The zero-order chi connectivity index (χ0) is 37.5. The lowest BCUT2D eigenvalue weighted by Crippen LogP contribution is -2.27. The summed E-state index contributed by atoms with van der Waals surface area (Å²) in [5.74, 6) is -0.508. The third-order valence-corrected chi connectivity index (χ3v) is 10.5. The third-order valence-electron chi connectivity index (χ3n) is 9.54. The highest BCUT2D eigenvalue weighted by Crippen LogP contribution is 2.42. The fraction of sp³-hybridized carbons (Fsp3) is 0.951. The van der Waals surface area contributed by atoms with E-state index in [9.17, 15) is 24.2 Å². The van der Waals surface area contributed by atoms with Crippen LogP contribution in [0.4, 0.5) is 0 Å². The van der Waals surface area contributed by atoms with Gasteiger partial charge in [0, 0.05) is 19.4 Å². The summed E-state index contributed by atoms with van der Waals surface area (Å²) in [6.45, 7) is 3.56. The van der Waals surface area contributed by atoms with Crippen LogP contribution in [0.2, 0.25) is 0 Å². The molecule has 3 N–H and O–H groups in total. The molecule has 0 spiro atoms. The van der Waals surface area contributed by atoms with Crippen molar-refractivity contribution in [3.8, 4) is 0 Å². The Labute approximate surface area is 314 Å². The molecule has 0 aromatic rings. The van der Waals surface area contributed by atoms with E-state index >= 15 is 0 Å². The summed E-state index contributed by atoms with van der Waals surface area (Å²) in [5, 5.41) is 12.7. The van der Waals surface area contributed by atoms with Crippen molar-refractivity contribution < 1.29 is 37.9 Å². The van der Waals surface area contributed by atoms with E-state index in [0.29, 0.717) is 12.8 Å². The number of carbonyl (C=O) groups is 2. The maximum absolute atomic E-state index is 12.0. The van der Waals surface area contributed by atoms with Gasteiger partial charge in [-0.3, -0.25) is 18.6 Å². The van der Waals surface area contributed by atoms with Crippen LogP contribution in [0.25, 0.3) is 0 Å². The predicted molar refractivity (Wildman–Crippen MR) is 211 cm³/mol. The Kier molecular flexibility index (Phi) is 38.0. The molecule has 0 saturated heterocycles. The monoisotopic (exact) mass is 748 g/mol. The lowest BCUT2D eigenvalue weighted by atomic mass is 10.0.